The number of nitrogens with one attached hydrogen (secondary N) is 1. The Balaban J connectivity index is 4.50. The van der Waals surface area contributed by atoms with Gasteiger partial charge in [0.05, 0.1) is 25.2 Å². The quantitative estimate of drug-likeness (QED) is 0.0323. The zero-order valence-electron chi connectivity index (χ0n) is 38.5. The molecular formula is C51H99NO5. The van der Waals surface area contributed by atoms with Crippen LogP contribution in [-0.4, -0.2) is 46.9 Å². The first-order valence-electron chi connectivity index (χ1n) is 25.4. The molecule has 0 aromatic rings. The Morgan fingerprint density at radius 2 is 0.860 bits per heavy atom. The van der Waals surface area contributed by atoms with Gasteiger partial charge in [-0.2, -0.15) is 0 Å². The molecule has 0 aromatic heterocycles. The van der Waals surface area contributed by atoms with Crippen LogP contribution < -0.4 is 5.32 Å². The fourth-order valence-electron chi connectivity index (χ4n) is 7.96. The van der Waals surface area contributed by atoms with Crippen LogP contribution in [0.5, 0.6) is 0 Å². The van der Waals surface area contributed by atoms with Gasteiger partial charge in [0.15, 0.2) is 0 Å². The highest BCUT2D eigenvalue weighted by Gasteiger charge is 2.24. The molecule has 0 radical (unpaired) electrons. The number of aliphatic hydroxyl groups is 2. The summed E-state index contributed by atoms with van der Waals surface area (Å²) in [5.41, 5.74) is 0. The summed E-state index contributed by atoms with van der Waals surface area (Å²) in [4.78, 5) is 26.0. The van der Waals surface area contributed by atoms with E-state index in [0.717, 1.165) is 51.4 Å². The molecule has 3 atom stereocenters. The molecule has 57 heavy (non-hydrogen) atoms. The van der Waals surface area contributed by atoms with E-state index in [9.17, 15) is 19.8 Å². The molecule has 3 N–H and O–H groups in total. The molecule has 1 amide bonds. The van der Waals surface area contributed by atoms with Crippen molar-refractivity contribution in [2.24, 2.45) is 0 Å². The average molecular weight is 806 g/mol. The summed E-state index contributed by atoms with van der Waals surface area (Å²) in [6, 6.07) is -0.702. The summed E-state index contributed by atoms with van der Waals surface area (Å²) in [7, 11) is 0. The molecule has 0 aliphatic heterocycles. The maximum absolute atomic E-state index is 13.2. The molecule has 0 saturated heterocycles. The van der Waals surface area contributed by atoms with E-state index in [2.05, 4.69) is 38.2 Å². The van der Waals surface area contributed by atoms with Gasteiger partial charge in [-0.1, -0.05) is 232 Å². The lowest BCUT2D eigenvalue weighted by Gasteiger charge is -2.24. The van der Waals surface area contributed by atoms with Gasteiger partial charge < -0.3 is 20.3 Å². The summed E-state index contributed by atoms with van der Waals surface area (Å²) >= 11 is 0. The first-order valence-corrected chi connectivity index (χ1v) is 25.4. The smallest absolute Gasteiger partial charge is 0.306 e. The first-order chi connectivity index (χ1) is 28.0. The molecule has 6 heteroatoms. The monoisotopic (exact) mass is 806 g/mol. The molecule has 0 aliphatic rings. The summed E-state index contributed by atoms with van der Waals surface area (Å²) in [6.45, 7) is 6.48. The number of carbonyl (C=O) groups excluding carboxylic acids is 2. The number of carbonyl (C=O) groups is 2. The van der Waals surface area contributed by atoms with E-state index in [4.69, 9.17) is 4.74 Å². The zero-order chi connectivity index (χ0) is 41.7. The number of ether oxygens (including phenoxy) is 1. The van der Waals surface area contributed by atoms with Crippen molar-refractivity contribution in [3.8, 4) is 0 Å². The topological polar surface area (TPSA) is 95.9 Å². The predicted molar refractivity (Wildman–Crippen MR) is 246 cm³/mol. The van der Waals surface area contributed by atoms with E-state index in [0.29, 0.717) is 19.3 Å². The van der Waals surface area contributed by atoms with Crippen molar-refractivity contribution >= 4 is 11.9 Å². The van der Waals surface area contributed by atoms with Crippen LogP contribution in [0.4, 0.5) is 0 Å². The minimum Gasteiger partial charge on any atom is -0.462 e. The van der Waals surface area contributed by atoms with Crippen molar-refractivity contribution in [1.29, 1.82) is 0 Å². The molecule has 0 bridgehead atoms. The standard InChI is InChI=1S/C51H99NO5/c1-4-7-10-13-16-19-22-24-25-26-28-31-34-37-40-43-49(54)48(46-53)52-50(55)45-47(42-39-36-33-30-27-21-18-15-12-9-6-3)57-51(56)44-41-38-35-32-29-23-20-17-14-11-8-5-2/h30,33,47-49,53-54H,4-29,31-32,34-46H2,1-3H3,(H,52,55)/b33-30-. The summed E-state index contributed by atoms with van der Waals surface area (Å²) < 4.78 is 5.90. The molecule has 3 unspecified atom stereocenters. The molecule has 0 heterocycles. The number of hydrogen-bond donors (Lipinski definition) is 3. The number of esters is 1. The number of rotatable bonds is 46. The predicted octanol–water partition coefficient (Wildman–Crippen LogP) is 15.0. The van der Waals surface area contributed by atoms with Gasteiger partial charge in [0.1, 0.15) is 6.10 Å². The van der Waals surface area contributed by atoms with Crippen LogP contribution in [0.25, 0.3) is 0 Å². The second-order valence-electron chi connectivity index (χ2n) is 17.6. The van der Waals surface area contributed by atoms with Crippen LogP contribution in [0, 0.1) is 0 Å². The van der Waals surface area contributed by atoms with Gasteiger partial charge in [0, 0.05) is 6.42 Å². The van der Waals surface area contributed by atoms with Crippen molar-refractivity contribution in [1.82, 2.24) is 5.32 Å². The molecule has 0 rings (SSSR count). The maximum Gasteiger partial charge on any atom is 0.306 e. The average Bonchev–Trinajstić information content (AvgIpc) is 3.20. The summed E-state index contributed by atoms with van der Waals surface area (Å²) in [6.07, 6.45) is 49.9. The molecular weight excluding hydrogens is 707 g/mol. The highest BCUT2D eigenvalue weighted by atomic mass is 16.5. The summed E-state index contributed by atoms with van der Waals surface area (Å²) in [5.74, 6) is -0.489. The van der Waals surface area contributed by atoms with E-state index >= 15 is 0 Å². The number of allylic oxidation sites excluding steroid dienone is 2. The molecule has 6 nitrogen and oxygen atoms in total. The second-order valence-corrected chi connectivity index (χ2v) is 17.6. The van der Waals surface area contributed by atoms with Gasteiger partial charge in [-0.3, -0.25) is 9.59 Å². The third-order valence-electron chi connectivity index (χ3n) is 11.8. The van der Waals surface area contributed by atoms with Crippen molar-refractivity contribution in [3.63, 3.8) is 0 Å². The fourth-order valence-corrected chi connectivity index (χ4v) is 7.96. The molecule has 0 spiro atoms. The van der Waals surface area contributed by atoms with Crippen LogP contribution in [0.3, 0.4) is 0 Å². The number of aliphatic hydroxyl groups excluding tert-OH is 2. The Bertz CT molecular complexity index is 863. The number of amides is 1. The highest BCUT2D eigenvalue weighted by Crippen LogP contribution is 2.18. The minimum atomic E-state index is -0.788. The van der Waals surface area contributed by atoms with Crippen LogP contribution in [0.1, 0.15) is 278 Å². The Hall–Kier alpha value is -1.40. The van der Waals surface area contributed by atoms with Gasteiger partial charge in [0.2, 0.25) is 5.91 Å². The SMILES string of the molecule is CCCCCCCC/C=C\CCCC(CC(=O)NC(CO)C(O)CCCCCCCCCCCCCCCCC)OC(=O)CCCCCCCCCCCCCC. The minimum absolute atomic E-state index is 0.0633. The van der Waals surface area contributed by atoms with Crippen molar-refractivity contribution in [3.05, 3.63) is 12.2 Å². The van der Waals surface area contributed by atoms with Crippen molar-refractivity contribution in [2.45, 2.75) is 296 Å². The van der Waals surface area contributed by atoms with Gasteiger partial charge in [-0.05, 0) is 44.9 Å². The fraction of sp³-hybridized carbons (Fsp3) is 0.922. The third-order valence-corrected chi connectivity index (χ3v) is 11.8. The van der Waals surface area contributed by atoms with Gasteiger partial charge in [0.25, 0.3) is 0 Å². The second kappa shape index (κ2) is 45.7. The Morgan fingerprint density at radius 1 is 0.491 bits per heavy atom. The van der Waals surface area contributed by atoms with Gasteiger partial charge in [-0.15, -0.1) is 0 Å². The molecule has 0 saturated carbocycles. The third kappa shape index (κ3) is 41.1. The van der Waals surface area contributed by atoms with E-state index in [1.807, 2.05) is 0 Å². The molecule has 338 valence electrons. The van der Waals surface area contributed by atoms with Crippen molar-refractivity contribution in [2.75, 3.05) is 6.61 Å². The summed E-state index contributed by atoms with van der Waals surface area (Å²) in [5, 5.41) is 23.7. The van der Waals surface area contributed by atoms with Crippen LogP contribution in [0.15, 0.2) is 12.2 Å². The Kier molecular flexibility index (Phi) is 44.6. The van der Waals surface area contributed by atoms with Crippen molar-refractivity contribution < 1.29 is 24.5 Å². The highest BCUT2D eigenvalue weighted by molar-refractivity contribution is 5.77. The lowest BCUT2D eigenvalue weighted by molar-refractivity contribution is -0.151. The van der Waals surface area contributed by atoms with E-state index in [-0.39, 0.29) is 24.9 Å². The molecule has 0 aromatic carbocycles. The molecule has 0 fully saturated rings. The number of unbranched alkanes of at least 4 members (excludes halogenated alkanes) is 32. The maximum atomic E-state index is 13.2. The lowest BCUT2D eigenvalue weighted by Crippen LogP contribution is -2.46. The van der Waals surface area contributed by atoms with Gasteiger partial charge in [-0.25, -0.2) is 0 Å². The normalized spacial score (nSPS) is 13.3. The van der Waals surface area contributed by atoms with Crippen LogP contribution >= 0.6 is 0 Å². The van der Waals surface area contributed by atoms with E-state index in [1.54, 1.807) is 0 Å². The van der Waals surface area contributed by atoms with Crippen LogP contribution in [0.2, 0.25) is 0 Å². The largest absolute Gasteiger partial charge is 0.462 e. The lowest BCUT2D eigenvalue weighted by atomic mass is 10.0. The first kappa shape index (κ1) is 55.6. The Morgan fingerprint density at radius 3 is 1.28 bits per heavy atom. The molecule has 0 aliphatic carbocycles. The van der Waals surface area contributed by atoms with Gasteiger partial charge >= 0.3 is 5.97 Å². The van der Waals surface area contributed by atoms with E-state index in [1.165, 1.54) is 180 Å². The van der Waals surface area contributed by atoms with E-state index < -0.39 is 18.2 Å². The van der Waals surface area contributed by atoms with Crippen LogP contribution in [-0.2, 0) is 14.3 Å². The number of hydrogen-bond acceptors (Lipinski definition) is 5. The zero-order valence-corrected chi connectivity index (χ0v) is 38.5. The Labute approximate surface area is 355 Å².